The van der Waals surface area contributed by atoms with Gasteiger partial charge in [-0.05, 0) is 24.6 Å². The lowest BCUT2D eigenvalue weighted by Gasteiger charge is -2.47. The molecule has 5 heterocycles. The highest BCUT2D eigenvalue weighted by Gasteiger charge is 2.44. The van der Waals surface area contributed by atoms with Crippen molar-refractivity contribution in [3.05, 3.63) is 34.6 Å². The SMILES string of the molecule is COc1nc(N2CC3CC(C2)O3)c2cc(C(F)(F)F)c(-c3nc(N)cc(C)c3C(F)(F)F)c(F)c2n1. The number of aryl methyl sites for hydroxylation is 1. The summed E-state index contributed by atoms with van der Waals surface area (Å²) in [4.78, 5) is 13.1. The number of nitrogen functional groups attached to an aromatic ring is 1. The minimum atomic E-state index is -5.25. The number of hydrogen-bond acceptors (Lipinski definition) is 7. The Morgan fingerprint density at radius 1 is 1.03 bits per heavy atom. The number of benzene rings is 1. The summed E-state index contributed by atoms with van der Waals surface area (Å²) in [5, 5.41) is -0.333. The van der Waals surface area contributed by atoms with E-state index in [2.05, 4.69) is 15.0 Å². The lowest BCUT2D eigenvalue weighted by atomic mass is 9.93. The molecular formula is C22H18F7N5O2. The lowest BCUT2D eigenvalue weighted by Crippen LogP contribution is -2.57. The van der Waals surface area contributed by atoms with Gasteiger partial charge in [-0.25, -0.2) is 9.37 Å². The number of aromatic nitrogens is 3. The van der Waals surface area contributed by atoms with Crippen molar-refractivity contribution in [3.63, 3.8) is 0 Å². The zero-order chi connectivity index (χ0) is 26.2. The van der Waals surface area contributed by atoms with Crippen molar-refractivity contribution in [2.24, 2.45) is 0 Å². The summed E-state index contributed by atoms with van der Waals surface area (Å²) in [5.74, 6) is -2.20. The molecule has 14 heteroatoms. The average molecular weight is 517 g/mol. The molecule has 1 aromatic carbocycles. The van der Waals surface area contributed by atoms with Crippen molar-refractivity contribution in [2.75, 3.05) is 30.8 Å². The van der Waals surface area contributed by atoms with Gasteiger partial charge < -0.3 is 20.1 Å². The third-order valence-corrected chi connectivity index (χ3v) is 6.19. The van der Waals surface area contributed by atoms with Crippen LogP contribution in [0.2, 0.25) is 0 Å². The molecule has 3 aliphatic heterocycles. The largest absolute Gasteiger partial charge is 0.467 e. The number of fused-ring (bicyclic) bond motifs is 3. The van der Waals surface area contributed by atoms with Gasteiger partial charge in [0.2, 0.25) is 0 Å². The number of anilines is 2. The zero-order valence-electron chi connectivity index (χ0n) is 18.8. The standard InChI is InChI=1S/C22H18F7N5O2/c1-8-3-13(30)31-18(15(8)22(27,28)29)14-12(21(24,25)26)5-11-17(16(14)23)32-20(35-2)33-19(11)34-6-9-4-10(7-34)36-9/h3,5,9-10H,4,6-7H2,1-2H3,(H2,30,31). The van der Waals surface area contributed by atoms with Gasteiger partial charge in [0, 0.05) is 24.9 Å². The number of halogens is 7. The van der Waals surface area contributed by atoms with Crippen LogP contribution >= 0.6 is 0 Å². The van der Waals surface area contributed by atoms with Gasteiger partial charge in [0.05, 0.1) is 41.7 Å². The number of pyridine rings is 1. The van der Waals surface area contributed by atoms with Gasteiger partial charge in [0.25, 0.3) is 0 Å². The fraction of sp³-hybridized carbons (Fsp3) is 0.409. The van der Waals surface area contributed by atoms with E-state index in [0.717, 1.165) is 19.4 Å². The van der Waals surface area contributed by atoms with E-state index in [9.17, 15) is 26.3 Å². The van der Waals surface area contributed by atoms with Crippen LogP contribution in [-0.4, -0.2) is 47.4 Å². The van der Waals surface area contributed by atoms with E-state index in [1.54, 1.807) is 4.90 Å². The second-order valence-electron chi connectivity index (χ2n) is 8.65. The molecule has 2 atom stereocenters. The number of nitrogens with two attached hydrogens (primary N) is 1. The predicted octanol–water partition coefficient (Wildman–Crippen LogP) is 4.75. The third kappa shape index (κ3) is 3.92. The van der Waals surface area contributed by atoms with Crippen LogP contribution < -0.4 is 15.4 Å². The fourth-order valence-corrected chi connectivity index (χ4v) is 4.74. The van der Waals surface area contributed by atoms with Gasteiger partial charge in [-0.15, -0.1) is 0 Å². The molecule has 0 amide bonds. The molecule has 7 nitrogen and oxygen atoms in total. The van der Waals surface area contributed by atoms with Crippen LogP contribution in [0.15, 0.2) is 12.1 Å². The van der Waals surface area contributed by atoms with E-state index in [-0.39, 0.29) is 42.5 Å². The van der Waals surface area contributed by atoms with Crippen LogP contribution in [0.1, 0.15) is 23.1 Å². The van der Waals surface area contributed by atoms with Crippen molar-refractivity contribution in [3.8, 4) is 17.3 Å². The maximum absolute atomic E-state index is 16.0. The van der Waals surface area contributed by atoms with E-state index in [1.165, 1.54) is 7.11 Å². The third-order valence-electron chi connectivity index (χ3n) is 6.19. The molecule has 6 rings (SSSR count). The minimum Gasteiger partial charge on any atom is -0.467 e. The van der Waals surface area contributed by atoms with E-state index in [0.29, 0.717) is 6.07 Å². The summed E-state index contributed by atoms with van der Waals surface area (Å²) in [7, 11) is 1.18. The Hall–Kier alpha value is -3.42. The van der Waals surface area contributed by atoms with Crippen molar-refractivity contribution in [2.45, 2.75) is 37.9 Å². The Balaban J connectivity index is 1.86. The molecule has 0 saturated carbocycles. The first-order valence-corrected chi connectivity index (χ1v) is 10.7. The highest BCUT2D eigenvalue weighted by Crippen LogP contribution is 2.47. The Labute approximate surface area is 199 Å². The molecule has 0 aliphatic carbocycles. The molecule has 2 unspecified atom stereocenters. The molecule has 2 aromatic heterocycles. The summed E-state index contributed by atoms with van der Waals surface area (Å²) in [6, 6.07) is 1.03. The molecule has 2 bridgehead atoms. The molecule has 36 heavy (non-hydrogen) atoms. The number of rotatable bonds is 3. The monoisotopic (exact) mass is 517 g/mol. The maximum Gasteiger partial charge on any atom is 0.418 e. The van der Waals surface area contributed by atoms with Crippen LogP contribution in [0, 0.1) is 12.7 Å². The first kappa shape index (κ1) is 24.3. The van der Waals surface area contributed by atoms with Crippen LogP contribution in [0.25, 0.3) is 22.2 Å². The second kappa shape index (κ2) is 8.05. The molecular weight excluding hydrogens is 499 g/mol. The Bertz CT molecular complexity index is 1360. The summed E-state index contributed by atoms with van der Waals surface area (Å²) in [6.07, 6.45) is -9.96. The summed E-state index contributed by atoms with van der Waals surface area (Å²) in [6.45, 7) is 1.57. The first-order valence-electron chi connectivity index (χ1n) is 10.7. The maximum atomic E-state index is 16.0. The second-order valence-corrected chi connectivity index (χ2v) is 8.65. The number of ether oxygens (including phenoxy) is 2. The quantitative estimate of drug-likeness (QED) is 0.502. The molecule has 3 saturated heterocycles. The van der Waals surface area contributed by atoms with Crippen molar-refractivity contribution >= 4 is 22.5 Å². The number of methoxy groups -OCH3 is 1. The lowest BCUT2D eigenvalue weighted by molar-refractivity contribution is -0.139. The number of hydrogen-bond donors (Lipinski definition) is 1. The first-order chi connectivity index (χ1) is 16.8. The molecule has 0 radical (unpaired) electrons. The summed E-state index contributed by atoms with van der Waals surface area (Å²) >= 11 is 0. The van der Waals surface area contributed by atoms with Crippen LogP contribution in [0.3, 0.4) is 0 Å². The number of morpholine rings is 1. The van der Waals surface area contributed by atoms with Gasteiger partial charge in [0.1, 0.15) is 17.2 Å². The zero-order valence-corrected chi connectivity index (χ0v) is 18.8. The number of alkyl halides is 6. The van der Waals surface area contributed by atoms with Crippen molar-refractivity contribution < 1.29 is 40.2 Å². The topological polar surface area (TPSA) is 86.4 Å². The van der Waals surface area contributed by atoms with E-state index in [4.69, 9.17) is 15.2 Å². The Kier molecular flexibility index (Phi) is 5.43. The predicted molar refractivity (Wildman–Crippen MR) is 114 cm³/mol. The summed E-state index contributed by atoms with van der Waals surface area (Å²) < 4.78 is 111. The molecule has 3 aromatic rings. The highest BCUT2D eigenvalue weighted by atomic mass is 19.4. The van der Waals surface area contributed by atoms with Gasteiger partial charge >= 0.3 is 18.4 Å². The Morgan fingerprint density at radius 3 is 2.22 bits per heavy atom. The number of piperidine rings is 1. The van der Waals surface area contributed by atoms with E-state index in [1.807, 2.05) is 0 Å². The molecule has 2 N–H and O–H groups in total. The minimum absolute atomic E-state index is 0.0430. The van der Waals surface area contributed by atoms with Crippen molar-refractivity contribution in [1.82, 2.24) is 15.0 Å². The molecule has 192 valence electrons. The Morgan fingerprint density at radius 2 is 1.67 bits per heavy atom. The molecule has 3 fully saturated rings. The fourth-order valence-electron chi connectivity index (χ4n) is 4.74. The molecule has 0 spiro atoms. The van der Waals surface area contributed by atoms with Gasteiger partial charge in [-0.2, -0.15) is 36.3 Å². The van der Waals surface area contributed by atoms with Crippen molar-refractivity contribution in [1.29, 1.82) is 0 Å². The van der Waals surface area contributed by atoms with Crippen LogP contribution in [-0.2, 0) is 17.1 Å². The van der Waals surface area contributed by atoms with Gasteiger partial charge in [0.15, 0.2) is 5.82 Å². The number of nitrogens with zero attached hydrogens (tertiary/aromatic N) is 4. The van der Waals surface area contributed by atoms with E-state index < -0.39 is 57.5 Å². The van der Waals surface area contributed by atoms with Gasteiger partial charge in [-0.1, -0.05) is 0 Å². The van der Waals surface area contributed by atoms with Crippen LogP contribution in [0.5, 0.6) is 6.01 Å². The average Bonchev–Trinajstić information content (AvgIpc) is 2.75. The van der Waals surface area contributed by atoms with E-state index >= 15 is 4.39 Å². The normalized spacial score (nSPS) is 20.0. The van der Waals surface area contributed by atoms with Gasteiger partial charge in [-0.3, -0.25) is 0 Å². The smallest absolute Gasteiger partial charge is 0.418 e. The van der Waals surface area contributed by atoms with Crippen LogP contribution in [0.4, 0.5) is 42.4 Å². The summed E-state index contributed by atoms with van der Waals surface area (Å²) in [5.41, 5.74) is -1.47. The highest BCUT2D eigenvalue weighted by molar-refractivity contribution is 5.95. The molecule has 3 aliphatic rings.